The van der Waals surface area contributed by atoms with Crippen LogP contribution in [0.25, 0.3) is 41.8 Å². The van der Waals surface area contributed by atoms with Crippen molar-refractivity contribution in [3.05, 3.63) is 259 Å². The van der Waals surface area contributed by atoms with Crippen molar-refractivity contribution in [2.45, 2.75) is 436 Å². The molecule has 127 heavy (non-hydrogen) atoms. The van der Waals surface area contributed by atoms with Gasteiger partial charge in [0.2, 0.25) is 0 Å². The second-order valence-corrected chi connectivity index (χ2v) is 42.1. The van der Waals surface area contributed by atoms with E-state index in [0.717, 1.165) is 35.4 Å². The molecule has 0 N–H and O–H groups in total. The molecule has 0 amide bonds. The maximum Gasteiger partial charge on any atom is 0.275 e. The van der Waals surface area contributed by atoms with Gasteiger partial charge in [-0.25, -0.2) is 0 Å². The third-order valence-electron chi connectivity index (χ3n) is 29.0. The molecular formula is C120H164O4S3. The van der Waals surface area contributed by atoms with E-state index < -0.39 is 23.4 Å². The highest BCUT2D eigenvalue weighted by molar-refractivity contribution is 7.19. The maximum atomic E-state index is 6.04. The van der Waals surface area contributed by atoms with Crippen LogP contribution in [0.15, 0.2) is 183 Å². The number of unbranched alkanes of at least 4 members (excludes halogenated alkanes) is 52. The van der Waals surface area contributed by atoms with Gasteiger partial charge < -0.3 is 18.9 Å². The highest BCUT2D eigenvalue weighted by atomic mass is 32.1. The van der Waals surface area contributed by atoms with Gasteiger partial charge in [0.15, 0.2) is 0 Å². The molecule has 0 fully saturated rings. The summed E-state index contributed by atoms with van der Waals surface area (Å²) < 4.78 is 24.2. The van der Waals surface area contributed by atoms with Crippen LogP contribution in [0.1, 0.15) is 476 Å². The Hall–Kier alpha value is -6.90. The maximum absolute atomic E-state index is 6.04. The molecule has 13 rings (SSSR count). The van der Waals surface area contributed by atoms with E-state index in [0.29, 0.717) is 0 Å². The molecule has 0 unspecified atom stereocenters. The number of ether oxygens (including phenoxy) is 4. The Kier molecular flexibility index (Phi) is 42.1. The third-order valence-corrected chi connectivity index (χ3v) is 32.6. The van der Waals surface area contributed by atoms with Gasteiger partial charge in [0, 0.05) is 19.5 Å². The summed E-state index contributed by atoms with van der Waals surface area (Å²) in [6, 6.07) is 65.4. The second kappa shape index (κ2) is 54.8. The summed E-state index contributed by atoms with van der Waals surface area (Å²) >= 11 is 5.65. The molecule has 7 heteroatoms. The molecular weight excluding hydrogens is 1600 g/mol. The van der Waals surface area contributed by atoms with E-state index in [1.54, 1.807) is 47.7 Å². The Bertz CT molecular complexity index is 4140. The summed E-state index contributed by atoms with van der Waals surface area (Å²) in [6.07, 6.45) is 87.0. The summed E-state index contributed by atoms with van der Waals surface area (Å²) in [7, 11) is 0. The van der Waals surface area contributed by atoms with Gasteiger partial charge >= 0.3 is 0 Å². The van der Waals surface area contributed by atoms with Crippen LogP contribution < -0.4 is 0 Å². The molecule has 6 aromatic carbocycles. The zero-order valence-electron chi connectivity index (χ0n) is 79.8. The first-order chi connectivity index (χ1) is 63.0. The predicted molar refractivity (Wildman–Crippen MR) is 550 cm³/mol. The monoisotopic (exact) mass is 1770 g/mol. The minimum Gasteiger partial charge on any atom is -0.454 e. The van der Waals surface area contributed by atoms with Crippen molar-refractivity contribution in [3.63, 3.8) is 0 Å². The fraction of sp³-hybridized carbons (Fsp3) is 0.567. The third kappa shape index (κ3) is 27.6. The van der Waals surface area contributed by atoms with Crippen LogP contribution in [0, 0.1) is 0 Å². The van der Waals surface area contributed by atoms with Crippen molar-refractivity contribution in [1.29, 1.82) is 0 Å². The molecule has 0 bridgehead atoms. The van der Waals surface area contributed by atoms with Crippen LogP contribution in [-0.2, 0) is 55.5 Å². The quantitative estimate of drug-likeness (QED) is 0.0356. The fourth-order valence-corrected chi connectivity index (χ4v) is 25.0. The lowest BCUT2D eigenvalue weighted by Crippen LogP contribution is -2.35. The van der Waals surface area contributed by atoms with Crippen LogP contribution in [0.4, 0.5) is 0 Å². The number of rotatable bonds is 68. The molecule has 0 saturated carbocycles. The SMILES string of the molecule is CCCCCCCCCCCCCCCCc1ccc(C2(c3ccc(CCCCCCCCCCCCCCCC)cc3)c3cc(-c4ccc(C5OC=CO5)s4)ccc3-c3sc4c(c32)C(c2ccc(CCCCCCCCCCCCCCCC)cc2)(c2ccc(CCCCCCCCCCCCCCCC)cc2)c2cc(-c3ccc(C5OC=CO5)s3)ccc2-4)cc1. The van der Waals surface area contributed by atoms with E-state index in [1.165, 1.54) is 468 Å². The smallest absolute Gasteiger partial charge is 0.275 e. The van der Waals surface area contributed by atoms with Crippen molar-refractivity contribution in [3.8, 4) is 41.8 Å². The zero-order chi connectivity index (χ0) is 87.4. The van der Waals surface area contributed by atoms with Crippen LogP contribution in [0.5, 0.6) is 0 Å². The normalized spacial score (nSPS) is 14.1. The zero-order valence-corrected chi connectivity index (χ0v) is 82.2. The lowest BCUT2D eigenvalue weighted by atomic mass is 9.61. The molecule has 0 radical (unpaired) electrons. The number of aryl methyl sites for hydroxylation is 4. The highest BCUT2D eigenvalue weighted by Crippen LogP contribution is 2.70. The van der Waals surface area contributed by atoms with Crippen molar-refractivity contribution < 1.29 is 18.9 Å². The number of benzene rings is 6. The average molecular weight is 1770 g/mol. The van der Waals surface area contributed by atoms with E-state index in [1.807, 2.05) is 0 Å². The van der Waals surface area contributed by atoms with Gasteiger partial charge in [-0.15, -0.1) is 34.0 Å². The van der Waals surface area contributed by atoms with Gasteiger partial charge in [-0.2, -0.15) is 0 Å². The predicted octanol–water partition coefficient (Wildman–Crippen LogP) is 39.1. The van der Waals surface area contributed by atoms with E-state index in [2.05, 4.69) is 197 Å². The van der Waals surface area contributed by atoms with Gasteiger partial charge in [-0.3, -0.25) is 0 Å². The summed E-state index contributed by atoms with van der Waals surface area (Å²) in [6.45, 7) is 9.29. The number of hydrogen-bond donors (Lipinski definition) is 0. The molecule has 0 spiro atoms. The van der Waals surface area contributed by atoms with Gasteiger partial charge in [0.1, 0.15) is 25.0 Å². The van der Waals surface area contributed by atoms with Gasteiger partial charge in [-0.05, 0) is 177 Å². The Morgan fingerprint density at radius 2 is 0.433 bits per heavy atom. The topological polar surface area (TPSA) is 36.9 Å². The highest BCUT2D eigenvalue weighted by Gasteiger charge is 2.58. The van der Waals surface area contributed by atoms with E-state index in [4.69, 9.17) is 18.9 Å². The molecule has 4 nitrogen and oxygen atoms in total. The van der Waals surface area contributed by atoms with Crippen molar-refractivity contribution >= 4 is 34.0 Å². The van der Waals surface area contributed by atoms with Gasteiger partial charge in [0.05, 0.1) is 20.6 Å². The van der Waals surface area contributed by atoms with Crippen molar-refractivity contribution in [2.75, 3.05) is 0 Å². The molecule has 686 valence electrons. The van der Waals surface area contributed by atoms with Crippen molar-refractivity contribution in [1.82, 2.24) is 0 Å². The van der Waals surface area contributed by atoms with E-state index in [-0.39, 0.29) is 0 Å². The Labute approximate surface area is 784 Å². The molecule has 2 aliphatic carbocycles. The van der Waals surface area contributed by atoms with E-state index >= 15 is 0 Å². The molecule has 5 heterocycles. The first kappa shape index (κ1) is 97.6. The molecule has 0 saturated heterocycles. The lowest BCUT2D eigenvalue weighted by Gasteiger charge is -2.40. The number of fused-ring (bicyclic) bond motifs is 7. The molecule has 0 atom stereocenters. The molecule has 2 aliphatic heterocycles. The van der Waals surface area contributed by atoms with Crippen LogP contribution in [0.2, 0.25) is 0 Å². The number of hydrogen-bond acceptors (Lipinski definition) is 7. The van der Waals surface area contributed by atoms with Gasteiger partial charge in [-0.1, -0.05) is 483 Å². The second-order valence-electron chi connectivity index (χ2n) is 38.9. The van der Waals surface area contributed by atoms with Crippen LogP contribution >= 0.6 is 34.0 Å². The van der Waals surface area contributed by atoms with Crippen LogP contribution in [-0.4, -0.2) is 0 Å². The first-order valence-electron chi connectivity index (χ1n) is 52.9. The Morgan fingerprint density at radius 3 is 0.654 bits per heavy atom. The average Bonchev–Trinajstić information content (AvgIpc) is 1.48. The van der Waals surface area contributed by atoms with Crippen LogP contribution in [0.3, 0.4) is 0 Å². The Balaban J connectivity index is 0.872. The minimum atomic E-state index is -0.733. The first-order valence-corrected chi connectivity index (χ1v) is 55.4. The summed E-state index contributed by atoms with van der Waals surface area (Å²) in [5.74, 6) is 0. The fourth-order valence-electron chi connectivity index (χ4n) is 21.5. The minimum absolute atomic E-state index is 0.436. The molecule has 9 aromatic rings. The van der Waals surface area contributed by atoms with E-state index in [9.17, 15) is 0 Å². The largest absolute Gasteiger partial charge is 0.454 e. The summed E-state index contributed by atoms with van der Waals surface area (Å²) in [5.41, 5.74) is 20.4. The van der Waals surface area contributed by atoms with Crippen molar-refractivity contribution in [2.24, 2.45) is 0 Å². The summed E-state index contributed by atoms with van der Waals surface area (Å²) in [5, 5.41) is 0. The lowest BCUT2D eigenvalue weighted by molar-refractivity contribution is -0.0219. The molecule has 4 aliphatic rings. The Morgan fingerprint density at radius 1 is 0.220 bits per heavy atom. The standard InChI is InChI=1S/C120H164O4S3/c1-5-9-13-17-21-25-29-33-37-41-45-49-53-57-61-95-65-75-101(76-66-95)119(102-77-67-96(68-78-102)62-58-54-50-46-42-38-34-30-26-22-18-14-10-6-2)107-93-99(109-85-87-111(125-109)117-121-89-90-122-117)73-83-105(107)115-113(119)114-116(127-115)106-84-74-100(110-86-88-112(126-110)118-123-91-92-124-118)94-108(106)120(114,103-79-69-97(70-80-103)63-59-55-51-47-43-39-35-31-27-23-19-15-11-7-3)104-81-71-98(72-82-104)64-60-56-52-48-44-40-36-32-28-24-20-16-12-8-4/h65-94,117-118H,5-64H2,1-4H3. The molecule has 3 aromatic heterocycles. The summed E-state index contributed by atoms with van der Waals surface area (Å²) in [4.78, 5) is 7.37. The van der Waals surface area contributed by atoms with Gasteiger partial charge in [0.25, 0.3) is 12.6 Å². The number of thiophene rings is 3.